The van der Waals surface area contributed by atoms with Crippen molar-refractivity contribution in [1.82, 2.24) is 9.78 Å². The van der Waals surface area contributed by atoms with Crippen molar-refractivity contribution in [2.24, 2.45) is 5.14 Å². The molecular weight excluding hydrogens is 354 g/mol. The molecule has 0 saturated heterocycles. The predicted molar refractivity (Wildman–Crippen MR) is 96.0 cm³/mol. The van der Waals surface area contributed by atoms with Gasteiger partial charge in [-0.1, -0.05) is 42.0 Å². The maximum atomic E-state index is 11.8. The molecule has 2 aromatic carbocycles. The Morgan fingerprint density at radius 2 is 1.69 bits per heavy atom. The summed E-state index contributed by atoms with van der Waals surface area (Å²) in [6, 6.07) is 12.1. The molecular formula is C18H17N3O4S. The Morgan fingerprint density at radius 3 is 2.23 bits per heavy atom. The Balaban J connectivity index is 1.96. The third-order valence-corrected chi connectivity index (χ3v) is 4.94. The first-order valence-electron chi connectivity index (χ1n) is 7.72. The van der Waals surface area contributed by atoms with Gasteiger partial charge in [0, 0.05) is 11.8 Å². The third-order valence-electron chi connectivity index (χ3n) is 4.01. The highest BCUT2D eigenvalue weighted by molar-refractivity contribution is 7.89. The summed E-state index contributed by atoms with van der Waals surface area (Å²) < 4.78 is 24.0. The molecule has 0 aliphatic carbocycles. The van der Waals surface area contributed by atoms with Crippen LogP contribution in [-0.2, 0) is 14.8 Å². The average Bonchev–Trinajstić information content (AvgIpc) is 3.04. The number of aliphatic carboxylic acids is 1. The molecule has 0 bridgehead atoms. The van der Waals surface area contributed by atoms with Gasteiger partial charge in [0.1, 0.15) is 0 Å². The standard InChI is InChI=1S/C18H17N3O4S/c1-12-2-4-13(5-3-12)15-10-20-21(11-15)17(18(22)23)14-6-8-16(9-7-14)26(19,24)25/h2-11,17H,1H3,(H,22,23)(H2,19,24,25). The van der Waals surface area contributed by atoms with Crippen molar-refractivity contribution in [1.29, 1.82) is 0 Å². The largest absolute Gasteiger partial charge is 0.479 e. The van der Waals surface area contributed by atoms with Crippen molar-refractivity contribution < 1.29 is 18.3 Å². The van der Waals surface area contributed by atoms with Crippen molar-refractivity contribution in [2.45, 2.75) is 17.9 Å². The Kier molecular flexibility index (Phi) is 4.62. The van der Waals surface area contributed by atoms with Gasteiger partial charge in [0.2, 0.25) is 10.0 Å². The molecule has 7 nitrogen and oxygen atoms in total. The summed E-state index contributed by atoms with van der Waals surface area (Å²) in [5.74, 6) is -1.10. The van der Waals surface area contributed by atoms with Crippen LogP contribution in [0, 0.1) is 6.92 Å². The zero-order chi connectivity index (χ0) is 18.9. The Hall–Kier alpha value is -2.97. The van der Waals surface area contributed by atoms with Gasteiger partial charge in [0.25, 0.3) is 0 Å². The molecule has 1 aromatic heterocycles. The Bertz CT molecular complexity index is 1040. The van der Waals surface area contributed by atoms with Crippen LogP contribution in [0.2, 0.25) is 0 Å². The van der Waals surface area contributed by atoms with E-state index >= 15 is 0 Å². The molecule has 8 heteroatoms. The molecule has 0 aliphatic heterocycles. The highest BCUT2D eigenvalue weighted by Gasteiger charge is 2.23. The molecule has 134 valence electrons. The van der Waals surface area contributed by atoms with E-state index in [0.29, 0.717) is 5.56 Å². The summed E-state index contributed by atoms with van der Waals surface area (Å²) in [4.78, 5) is 11.7. The van der Waals surface area contributed by atoms with E-state index in [4.69, 9.17) is 5.14 Å². The monoisotopic (exact) mass is 371 g/mol. The van der Waals surface area contributed by atoms with Gasteiger partial charge < -0.3 is 5.11 Å². The van der Waals surface area contributed by atoms with Crippen LogP contribution in [-0.4, -0.2) is 29.3 Å². The summed E-state index contributed by atoms with van der Waals surface area (Å²) in [6.07, 6.45) is 3.25. The molecule has 0 aliphatic rings. The number of hydrogen-bond acceptors (Lipinski definition) is 4. The molecule has 1 atom stereocenters. The molecule has 26 heavy (non-hydrogen) atoms. The second-order valence-electron chi connectivity index (χ2n) is 5.93. The molecule has 0 radical (unpaired) electrons. The highest BCUT2D eigenvalue weighted by Crippen LogP contribution is 2.24. The van der Waals surface area contributed by atoms with Crippen LogP contribution in [0.25, 0.3) is 11.1 Å². The molecule has 1 unspecified atom stereocenters. The predicted octanol–water partition coefficient (Wildman–Crippen LogP) is 2.18. The number of aryl methyl sites for hydroxylation is 1. The minimum absolute atomic E-state index is 0.0776. The normalized spacial score (nSPS) is 12.7. The van der Waals surface area contributed by atoms with E-state index in [9.17, 15) is 18.3 Å². The summed E-state index contributed by atoms with van der Waals surface area (Å²) >= 11 is 0. The van der Waals surface area contributed by atoms with Gasteiger partial charge in [0.15, 0.2) is 6.04 Å². The smallest absolute Gasteiger partial charge is 0.333 e. The molecule has 0 amide bonds. The molecule has 1 heterocycles. The second kappa shape index (κ2) is 6.74. The van der Waals surface area contributed by atoms with Crippen LogP contribution in [0.4, 0.5) is 0 Å². The number of aromatic nitrogens is 2. The number of nitrogens with zero attached hydrogens (tertiary/aromatic N) is 2. The molecule has 3 N–H and O–H groups in total. The maximum absolute atomic E-state index is 11.8. The van der Waals surface area contributed by atoms with Crippen molar-refractivity contribution >= 4 is 16.0 Å². The van der Waals surface area contributed by atoms with Gasteiger partial charge in [0.05, 0.1) is 11.1 Å². The van der Waals surface area contributed by atoms with Crippen LogP contribution in [0.15, 0.2) is 65.8 Å². The van der Waals surface area contributed by atoms with Crippen molar-refractivity contribution in [3.63, 3.8) is 0 Å². The lowest BCUT2D eigenvalue weighted by molar-refractivity contribution is -0.139. The zero-order valence-electron chi connectivity index (χ0n) is 13.9. The van der Waals surface area contributed by atoms with E-state index in [1.165, 1.54) is 28.9 Å². The number of carboxylic acids is 1. The van der Waals surface area contributed by atoms with Gasteiger partial charge >= 0.3 is 5.97 Å². The van der Waals surface area contributed by atoms with E-state index < -0.39 is 22.0 Å². The number of carbonyl (C=O) groups is 1. The first-order valence-corrected chi connectivity index (χ1v) is 9.27. The number of primary sulfonamides is 1. The van der Waals surface area contributed by atoms with E-state index in [0.717, 1.165) is 16.7 Å². The van der Waals surface area contributed by atoms with Crippen LogP contribution in [0.1, 0.15) is 17.2 Å². The Morgan fingerprint density at radius 1 is 1.08 bits per heavy atom. The topological polar surface area (TPSA) is 115 Å². The van der Waals surface area contributed by atoms with E-state index in [-0.39, 0.29) is 4.90 Å². The maximum Gasteiger partial charge on any atom is 0.333 e. The van der Waals surface area contributed by atoms with E-state index in [1.54, 1.807) is 12.4 Å². The summed E-state index contributed by atoms with van der Waals surface area (Å²) in [7, 11) is -3.84. The van der Waals surface area contributed by atoms with E-state index in [2.05, 4.69) is 5.10 Å². The number of sulfonamides is 1. The van der Waals surface area contributed by atoms with Gasteiger partial charge in [-0.05, 0) is 30.2 Å². The molecule has 0 fully saturated rings. The zero-order valence-corrected chi connectivity index (χ0v) is 14.7. The highest BCUT2D eigenvalue weighted by atomic mass is 32.2. The quantitative estimate of drug-likeness (QED) is 0.713. The summed E-state index contributed by atoms with van der Waals surface area (Å²) in [5.41, 5.74) is 3.23. The minimum Gasteiger partial charge on any atom is -0.479 e. The SMILES string of the molecule is Cc1ccc(-c2cnn(C(C(=O)O)c3ccc(S(N)(=O)=O)cc3)c2)cc1. The minimum atomic E-state index is -3.84. The van der Waals surface area contributed by atoms with Crippen LogP contribution < -0.4 is 5.14 Å². The molecule has 3 rings (SSSR count). The number of hydrogen-bond donors (Lipinski definition) is 2. The number of nitrogens with two attached hydrogens (primary N) is 1. The lowest BCUT2D eigenvalue weighted by Crippen LogP contribution is -2.21. The molecule has 0 spiro atoms. The second-order valence-corrected chi connectivity index (χ2v) is 7.49. The molecule has 3 aromatic rings. The van der Waals surface area contributed by atoms with E-state index in [1.807, 2.05) is 31.2 Å². The van der Waals surface area contributed by atoms with Crippen molar-refractivity contribution in [2.75, 3.05) is 0 Å². The fraction of sp³-hybridized carbons (Fsp3) is 0.111. The van der Waals surface area contributed by atoms with Crippen molar-refractivity contribution in [3.05, 3.63) is 72.1 Å². The van der Waals surface area contributed by atoms with Gasteiger partial charge in [-0.15, -0.1) is 0 Å². The van der Waals surface area contributed by atoms with Crippen molar-refractivity contribution in [3.8, 4) is 11.1 Å². The van der Waals surface area contributed by atoms with Crippen LogP contribution in [0.3, 0.4) is 0 Å². The fourth-order valence-corrected chi connectivity index (χ4v) is 3.14. The number of benzene rings is 2. The first kappa shape index (κ1) is 17.8. The van der Waals surface area contributed by atoms with Gasteiger partial charge in [-0.2, -0.15) is 5.10 Å². The first-order chi connectivity index (χ1) is 12.3. The van der Waals surface area contributed by atoms with Crippen LogP contribution >= 0.6 is 0 Å². The molecule has 0 saturated carbocycles. The van der Waals surface area contributed by atoms with Crippen LogP contribution in [0.5, 0.6) is 0 Å². The Labute approximate surface area is 150 Å². The lowest BCUT2D eigenvalue weighted by Gasteiger charge is -2.13. The number of rotatable bonds is 5. The fourth-order valence-electron chi connectivity index (χ4n) is 2.62. The lowest BCUT2D eigenvalue weighted by atomic mass is 10.1. The van der Waals surface area contributed by atoms with Gasteiger partial charge in [-0.25, -0.2) is 18.4 Å². The van der Waals surface area contributed by atoms with Gasteiger partial charge in [-0.3, -0.25) is 4.68 Å². The summed E-state index contributed by atoms with van der Waals surface area (Å²) in [6.45, 7) is 1.98. The third kappa shape index (κ3) is 3.66. The number of carboxylic acid groups (broad SMARTS) is 1. The summed E-state index contributed by atoms with van der Waals surface area (Å²) in [5, 5.41) is 18.9. The average molecular weight is 371 g/mol.